The molecule has 2 aromatic rings. The van der Waals surface area contributed by atoms with Gasteiger partial charge in [0.1, 0.15) is 17.5 Å². The van der Waals surface area contributed by atoms with E-state index in [4.69, 9.17) is 0 Å². The fourth-order valence-electron chi connectivity index (χ4n) is 1.92. The molecule has 1 fully saturated rings. The van der Waals surface area contributed by atoms with Gasteiger partial charge in [-0.2, -0.15) is 0 Å². The van der Waals surface area contributed by atoms with Gasteiger partial charge in [-0.15, -0.1) is 0 Å². The minimum Gasteiger partial charge on any atom is -0.373 e. The van der Waals surface area contributed by atoms with Crippen molar-refractivity contribution in [2.24, 2.45) is 0 Å². The van der Waals surface area contributed by atoms with E-state index in [0.717, 1.165) is 24.5 Å². The lowest BCUT2D eigenvalue weighted by Crippen LogP contribution is -2.01. The summed E-state index contributed by atoms with van der Waals surface area (Å²) in [6.45, 7) is 0. The number of nitrogens with zero attached hydrogens (tertiary/aromatic N) is 2. The zero-order valence-electron chi connectivity index (χ0n) is 10.2. The summed E-state index contributed by atoms with van der Waals surface area (Å²) in [4.78, 5) is 8.91. The average molecular weight is 243 g/mol. The van der Waals surface area contributed by atoms with Gasteiger partial charge < -0.3 is 5.32 Å². The van der Waals surface area contributed by atoms with E-state index in [2.05, 4.69) is 15.3 Å². The molecule has 4 heteroatoms. The van der Waals surface area contributed by atoms with Crippen molar-refractivity contribution in [3.05, 3.63) is 42.0 Å². The first-order valence-corrected chi connectivity index (χ1v) is 6.09. The molecule has 1 heterocycles. The summed E-state index contributed by atoms with van der Waals surface area (Å²) in [6, 6.07) is 8.47. The maximum atomic E-state index is 13.8. The third-order valence-electron chi connectivity index (χ3n) is 3.09. The van der Waals surface area contributed by atoms with E-state index in [-0.39, 0.29) is 5.82 Å². The van der Waals surface area contributed by atoms with Crippen molar-refractivity contribution in [1.29, 1.82) is 0 Å². The number of hydrogen-bond acceptors (Lipinski definition) is 3. The highest BCUT2D eigenvalue weighted by molar-refractivity contribution is 5.63. The predicted octanol–water partition coefficient (Wildman–Crippen LogP) is 3.20. The van der Waals surface area contributed by atoms with Gasteiger partial charge in [0.25, 0.3) is 0 Å². The molecule has 1 aromatic carbocycles. The Labute approximate surface area is 105 Å². The van der Waals surface area contributed by atoms with Gasteiger partial charge in [0, 0.05) is 24.6 Å². The van der Waals surface area contributed by atoms with Crippen LogP contribution >= 0.6 is 0 Å². The summed E-state index contributed by atoms with van der Waals surface area (Å²) >= 11 is 0. The fraction of sp³-hybridized carbons (Fsp3) is 0.286. The van der Waals surface area contributed by atoms with Gasteiger partial charge in [-0.25, -0.2) is 14.4 Å². The lowest BCUT2D eigenvalue weighted by molar-refractivity contribution is 0.630. The highest BCUT2D eigenvalue weighted by Gasteiger charge is 2.27. The Kier molecular flexibility index (Phi) is 2.70. The molecule has 0 radical (unpaired) electrons. The van der Waals surface area contributed by atoms with Gasteiger partial charge in [0.15, 0.2) is 0 Å². The molecule has 0 amide bonds. The summed E-state index contributed by atoms with van der Waals surface area (Å²) in [5.41, 5.74) is 1.17. The van der Waals surface area contributed by atoms with E-state index in [0.29, 0.717) is 17.2 Å². The predicted molar refractivity (Wildman–Crippen MR) is 68.9 cm³/mol. The van der Waals surface area contributed by atoms with Crippen molar-refractivity contribution in [2.75, 3.05) is 12.4 Å². The standard InChI is InChI=1S/C14H14FN3/c1-16-13-8-12(10-4-2-3-5-11(10)15)17-14(18-13)9-6-7-9/h2-5,8-9H,6-7H2,1H3,(H,16,17,18). The normalized spacial score (nSPS) is 14.6. The van der Waals surface area contributed by atoms with Crippen molar-refractivity contribution in [3.8, 4) is 11.3 Å². The molecule has 0 saturated heterocycles. The van der Waals surface area contributed by atoms with E-state index < -0.39 is 0 Å². The topological polar surface area (TPSA) is 37.8 Å². The summed E-state index contributed by atoms with van der Waals surface area (Å²) in [6.07, 6.45) is 2.26. The Morgan fingerprint density at radius 1 is 1.22 bits per heavy atom. The molecule has 0 atom stereocenters. The van der Waals surface area contributed by atoms with E-state index in [1.54, 1.807) is 18.2 Å². The molecular formula is C14H14FN3. The zero-order chi connectivity index (χ0) is 12.5. The van der Waals surface area contributed by atoms with Gasteiger partial charge in [0.2, 0.25) is 0 Å². The molecule has 18 heavy (non-hydrogen) atoms. The molecule has 0 aliphatic heterocycles. The molecule has 1 N–H and O–H groups in total. The van der Waals surface area contributed by atoms with E-state index in [1.807, 2.05) is 13.1 Å². The van der Waals surface area contributed by atoms with Crippen molar-refractivity contribution >= 4 is 5.82 Å². The van der Waals surface area contributed by atoms with Crippen molar-refractivity contribution in [1.82, 2.24) is 9.97 Å². The zero-order valence-corrected chi connectivity index (χ0v) is 10.2. The monoisotopic (exact) mass is 243 g/mol. The van der Waals surface area contributed by atoms with Crippen molar-refractivity contribution < 1.29 is 4.39 Å². The summed E-state index contributed by atoms with van der Waals surface area (Å²) < 4.78 is 13.8. The van der Waals surface area contributed by atoms with Crippen molar-refractivity contribution in [2.45, 2.75) is 18.8 Å². The van der Waals surface area contributed by atoms with Crippen LogP contribution in [0.25, 0.3) is 11.3 Å². The molecule has 0 unspecified atom stereocenters. The molecule has 92 valence electrons. The Morgan fingerprint density at radius 2 is 2.00 bits per heavy atom. The number of anilines is 1. The number of aromatic nitrogens is 2. The quantitative estimate of drug-likeness (QED) is 0.899. The van der Waals surface area contributed by atoms with Gasteiger partial charge in [-0.1, -0.05) is 12.1 Å². The Balaban J connectivity index is 2.10. The largest absolute Gasteiger partial charge is 0.373 e. The SMILES string of the molecule is CNc1cc(-c2ccccc2F)nc(C2CC2)n1. The third-order valence-corrected chi connectivity index (χ3v) is 3.09. The van der Waals surface area contributed by atoms with Crippen LogP contribution in [0.1, 0.15) is 24.6 Å². The Bertz CT molecular complexity index is 579. The second-order valence-corrected chi connectivity index (χ2v) is 4.50. The Hall–Kier alpha value is -1.97. The maximum Gasteiger partial charge on any atom is 0.134 e. The van der Waals surface area contributed by atoms with Gasteiger partial charge in [-0.05, 0) is 25.0 Å². The smallest absolute Gasteiger partial charge is 0.134 e. The third kappa shape index (κ3) is 2.06. The van der Waals surface area contributed by atoms with Crippen LogP contribution in [0.3, 0.4) is 0 Å². The minimum atomic E-state index is -0.250. The molecule has 3 rings (SSSR count). The highest BCUT2D eigenvalue weighted by Crippen LogP contribution is 2.39. The first kappa shape index (κ1) is 11.1. The lowest BCUT2D eigenvalue weighted by Gasteiger charge is -2.08. The molecule has 0 spiro atoms. The molecule has 1 saturated carbocycles. The van der Waals surface area contributed by atoms with Crippen LogP contribution in [0.5, 0.6) is 0 Å². The number of halogens is 1. The first-order valence-electron chi connectivity index (χ1n) is 6.09. The van der Waals surface area contributed by atoms with Crippen LogP contribution < -0.4 is 5.32 Å². The van der Waals surface area contributed by atoms with E-state index in [1.165, 1.54) is 6.07 Å². The summed E-state index contributed by atoms with van der Waals surface area (Å²) in [5.74, 6) is 1.76. The Morgan fingerprint density at radius 3 is 2.67 bits per heavy atom. The number of benzene rings is 1. The molecule has 0 bridgehead atoms. The van der Waals surface area contributed by atoms with Crippen LogP contribution in [0, 0.1) is 5.82 Å². The number of nitrogens with one attached hydrogen (secondary N) is 1. The fourth-order valence-corrected chi connectivity index (χ4v) is 1.92. The molecular weight excluding hydrogens is 229 g/mol. The second-order valence-electron chi connectivity index (χ2n) is 4.50. The van der Waals surface area contributed by atoms with E-state index >= 15 is 0 Å². The maximum absolute atomic E-state index is 13.8. The minimum absolute atomic E-state index is 0.250. The first-order chi connectivity index (χ1) is 8.78. The van der Waals surface area contributed by atoms with Gasteiger partial charge >= 0.3 is 0 Å². The van der Waals surface area contributed by atoms with E-state index in [9.17, 15) is 4.39 Å². The van der Waals surface area contributed by atoms with Crippen LogP contribution in [0.15, 0.2) is 30.3 Å². The van der Waals surface area contributed by atoms with Crippen LogP contribution in [0.2, 0.25) is 0 Å². The summed E-state index contributed by atoms with van der Waals surface area (Å²) in [7, 11) is 1.81. The lowest BCUT2D eigenvalue weighted by atomic mass is 10.1. The van der Waals surface area contributed by atoms with Crippen LogP contribution in [0.4, 0.5) is 10.2 Å². The highest BCUT2D eigenvalue weighted by atomic mass is 19.1. The van der Waals surface area contributed by atoms with Gasteiger partial charge in [-0.3, -0.25) is 0 Å². The van der Waals surface area contributed by atoms with Crippen LogP contribution in [-0.2, 0) is 0 Å². The summed E-state index contributed by atoms with van der Waals surface area (Å²) in [5, 5.41) is 3.01. The van der Waals surface area contributed by atoms with Gasteiger partial charge in [0.05, 0.1) is 5.69 Å². The molecule has 1 aromatic heterocycles. The molecule has 3 nitrogen and oxygen atoms in total. The number of rotatable bonds is 3. The molecule has 1 aliphatic rings. The number of hydrogen-bond donors (Lipinski definition) is 1. The second kappa shape index (κ2) is 4.37. The van der Waals surface area contributed by atoms with Crippen molar-refractivity contribution in [3.63, 3.8) is 0 Å². The van der Waals surface area contributed by atoms with Crippen LogP contribution in [-0.4, -0.2) is 17.0 Å². The average Bonchev–Trinajstić information content (AvgIpc) is 3.23. The molecule has 1 aliphatic carbocycles.